The van der Waals surface area contributed by atoms with Gasteiger partial charge in [-0.25, -0.2) is 9.13 Å². The molecule has 0 aromatic rings. The summed E-state index contributed by atoms with van der Waals surface area (Å²) < 4.78 is 68.8. The number of hydrogen-bond donors (Lipinski definition) is 3. The summed E-state index contributed by atoms with van der Waals surface area (Å²) in [5.74, 6) is 1.04. The number of ether oxygens (including phenoxy) is 4. The van der Waals surface area contributed by atoms with Gasteiger partial charge in [-0.05, 0) is 49.4 Å². The Hall–Kier alpha value is -1.94. The molecule has 3 N–H and O–H groups in total. The molecule has 0 aromatic heterocycles. The molecule has 0 radical (unpaired) electrons. The van der Waals surface area contributed by atoms with Crippen LogP contribution in [0.25, 0.3) is 0 Å². The maximum Gasteiger partial charge on any atom is 0.472 e. The van der Waals surface area contributed by atoms with Crippen molar-refractivity contribution in [1.29, 1.82) is 0 Å². The van der Waals surface area contributed by atoms with Gasteiger partial charge < -0.3 is 33.8 Å². The van der Waals surface area contributed by atoms with E-state index in [0.29, 0.717) is 31.6 Å². The fourth-order valence-electron chi connectivity index (χ4n) is 12.9. The summed E-state index contributed by atoms with van der Waals surface area (Å²) in [6, 6.07) is 0. The topological polar surface area (TPSA) is 237 Å². The largest absolute Gasteiger partial charge is 0.472 e. The van der Waals surface area contributed by atoms with Crippen LogP contribution in [0.5, 0.6) is 0 Å². The average molecular weight is 1510 g/mol. The lowest BCUT2D eigenvalue weighted by atomic mass is 9.99. The van der Waals surface area contributed by atoms with Crippen LogP contribution in [-0.4, -0.2) is 96.7 Å². The van der Waals surface area contributed by atoms with Gasteiger partial charge in [0, 0.05) is 25.7 Å². The van der Waals surface area contributed by atoms with Crippen molar-refractivity contribution in [3.63, 3.8) is 0 Å². The molecule has 0 saturated heterocycles. The van der Waals surface area contributed by atoms with Crippen LogP contribution in [0.15, 0.2) is 0 Å². The zero-order valence-electron chi connectivity index (χ0n) is 68.0. The van der Waals surface area contributed by atoms with E-state index in [1.165, 1.54) is 231 Å². The van der Waals surface area contributed by atoms with Crippen molar-refractivity contribution < 1.29 is 80.2 Å². The van der Waals surface area contributed by atoms with Crippen LogP contribution in [-0.2, 0) is 65.4 Å². The molecule has 7 atom stereocenters. The second-order valence-corrected chi connectivity index (χ2v) is 34.6. The monoisotopic (exact) mass is 1510 g/mol. The molecule has 5 unspecified atom stereocenters. The number of aliphatic hydroxyl groups is 1. The first-order chi connectivity index (χ1) is 49.7. The van der Waals surface area contributed by atoms with Gasteiger partial charge in [0.05, 0.1) is 26.4 Å². The lowest BCUT2D eigenvalue weighted by Gasteiger charge is -2.21. The van der Waals surface area contributed by atoms with Gasteiger partial charge in [0.25, 0.3) is 0 Å². The molecule has 612 valence electrons. The van der Waals surface area contributed by atoms with Gasteiger partial charge >= 0.3 is 39.5 Å². The maximum atomic E-state index is 13.1. The minimum absolute atomic E-state index is 0.104. The molecule has 19 heteroatoms. The summed E-state index contributed by atoms with van der Waals surface area (Å²) in [6.07, 6.45) is 61.2. The van der Waals surface area contributed by atoms with Crippen LogP contribution in [0.4, 0.5) is 0 Å². The first kappa shape index (κ1) is 101. The molecule has 0 heterocycles. The highest BCUT2D eigenvalue weighted by molar-refractivity contribution is 7.47. The van der Waals surface area contributed by atoms with E-state index in [1.54, 1.807) is 0 Å². The predicted octanol–water partition coefficient (Wildman–Crippen LogP) is 25.2. The summed E-state index contributed by atoms with van der Waals surface area (Å²) in [4.78, 5) is 73.1. The number of hydrogen-bond acceptors (Lipinski definition) is 15. The molecular formula is C84H164O17P2. The smallest absolute Gasteiger partial charge is 0.462 e. The molecule has 0 aliphatic heterocycles. The summed E-state index contributed by atoms with van der Waals surface area (Å²) >= 11 is 0. The second-order valence-electron chi connectivity index (χ2n) is 31.7. The van der Waals surface area contributed by atoms with Crippen molar-refractivity contribution in [2.24, 2.45) is 23.7 Å². The minimum Gasteiger partial charge on any atom is -0.462 e. The van der Waals surface area contributed by atoms with Crippen molar-refractivity contribution in [3.8, 4) is 0 Å². The van der Waals surface area contributed by atoms with E-state index in [2.05, 4.69) is 55.4 Å². The summed E-state index contributed by atoms with van der Waals surface area (Å²) in [5, 5.41) is 10.7. The van der Waals surface area contributed by atoms with E-state index in [4.69, 9.17) is 37.0 Å². The Kier molecular flexibility index (Phi) is 71.5. The maximum absolute atomic E-state index is 13.1. The van der Waals surface area contributed by atoms with E-state index in [-0.39, 0.29) is 25.7 Å². The molecule has 0 saturated carbocycles. The Labute approximate surface area is 632 Å². The molecule has 0 spiro atoms. The van der Waals surface area contributed by atoms with Crippen LogP contribution in [0.1, 0.15) is 434 Å². The molecule has 0 aliphatic carbocycles. The molecule has 0 fully saturated rings. The van der Waals surface area contributed by atoms with Crippen molar-refractivity contribution in [1.82, 2.24) is 0 Å². The number of aliphatic hydroxyl groups excluding tert-OH is 1. The Morgan fingerprint density at radius 1 is 0.272 bits per heavy atom. The lowest BCUT2D eigenvalue weighted by Crippen LogP contribution is -2.30. The molecule has 0 bridgehead atoms. The van der Waals surface area contributed by atoms with E-state index in [0.717, 1.165) is 114 Å². The molecule has 0 aromatic carbocycles. The van der Waals surface area contributed by atoms with E-state index in [9.17, 15) is 43.2 Å². The minimum atomic E-state index is -4.97. The highest BCUT2D eigenvalue weighted by atomic mass is 31.2. The number of carbonyl (C=O) groups is 4. The van der Waals surface area contributed by atoms with Crippen molar-refractivity contribution in [2.45, 2.75) is 453 Å². The third-order valence-electron chi connectivity index (χ3n) is 20.3. The van der Waals surface area contributed by atoms with E-state index in [1.807, 2.05) is 0 Å². The SMILES string of the molecule is CCC(C)CCCCCCCCCCCCCCCCCCCCC(=O)O[C@H](COC(=O)CCCCCCCCCCCCCCCCCCC(C)C)COP(=O)(O)OCC(O)COP(=O)(O)OC[C@@H](COC(=O)CCCCCCCCCC(C)C)OC(=O)CCCCCCCCCCC(C)CC. The highest BCUT2D eigenvalue weighted by Gasteiger charge is 2.30. The molecule has 17 nitrogen and oxygen atoms in total. The van der Waals surface area contributed by atoms with Crippen LogP contribution >= 0.6 is 15.6 Å². The molecule has 0 amide bonds. The van der Waals surface area contributed by atoms with E-state index < -0.39 is 97.5 Å². The first-order valence-corrected chi connectivity index (χ1v) is 46.3. The third-order valence-corrected chi connectivity index (χ3v) is 22.2. The van der Waals surface area contributed by atoms with E-state index >= 15 is 0 Å². The van der Waals surface area contributed by atoms with Gasteiger partial charge in [-0.3, -0.25) is 37.3 Å². The first-order valence-electron chi connectivity index (χ1n) is 43.3. The number of rotatable bonds is 81. The van der Waals surface area contributed by atoms with Gasteiger partial charge in [0.1, 0.15) is 19.3 Å². The molecular weight excluding hydrogens is 1340 g/mol. The Balaban J connectivity index is 5.21. The van der Waals surface area contributed by atoms with Crippen molar-refractivity contribution >= 4 is 39.5 Å². The number of phosphoric ester groups is 2. The van der Waals surface area contributed by atoms with Crippen LogP contribution < -0.4 is 0 Å². The molecule has 0 rings (SSSR count). The Morgan fingerprint density at radius 2 is 0.466 bits per heavy atom. The third kappa shape index (κ3) is 75.3. The van der Waals surface area contributed by atoms with Crippen molar-refractivity contribution in [3.05, 3.63) is 0 Å². The standard InChI is InChI=1S/C84H164O17P2/c1-9-76(7)62-54-46-38-30-26-22-18-13-11-12-14-20-24-28-32-41-50-58-66-83(88)100-79(70-94-81(86)64-56-48-40-31-27-23-19-16-15-17-21-25-29-36-44-52-60-74(3)4)72-98-102(90,91)96-68-78(85)69-97-103(92,93)99-73-80(71-95-82(87)65-57-49-43-35-37-45-53-61-75(5)6)101-84(89)67-59-51-42-34-33-39-47-55-63-77(8)10-2/h74-80,85H,9-73H2,1-8H3,(H,90,91)(H,92,93)/t76?,77?,78?,79-,80-/m1/s1. The highest BCUT2D eigenvalue weighted by Crippen LogP contribution is 2.45. The van der Waals surface area contributed by atoms with Gasteiger partial charge in [0.15, 0.2) is 12.2 Å². The lowest BCUT2D eigenvalue weighted by molar-refractivity contribution is -0.161. The number of carbonyl (C=O) groups excluding carboxylic acids is 4. The van der Waals surface area contributed by atoms with Crippen LogP contribution in [0.2, 0.25) is 0 Å². The second kappa shape index (κ2) is 72.9. The van der Waals surface area contributed by atoms with Crippen LogP contribution in [0.3, 0.4) is 0 Å². The predicted molar refractivity (Wildman–Crippen MR) is 423 cm³/mol. The Bertz CT molecular complexity index is 2010. The summed E-state index contributed by atoms with van der Waals surface area (Å²) in [7, 11) is -9.92. The normalized spacial score (nSPS) is 14.5. The van der Waals surface area contributed by atoms with Gasteiger partial charge in [-0.15, -0.1) is 0 Å². The average Bonchev–Trinajstić information content (AvgIpc) is 0.920. The Morgan fingerprint density at radius 3 is 0.689 bits per heavy atom. The fourth-order valence-corrected chi connectivity index (χ4v) is 14.5. The zero-order valence-corrected chi connectivity index (χ0v) is 69.7. The fraction of sp³-hybridized carbons (Fsp3) is 0.952. The molecule has 103 heavy (non-hydrogen) atoms. The summed E-state index contributed by atoms with van der Waals surface area (Å²) in [6.45, 7) is 14.3. The summed E-state index contributed by atoms with van der Waals surface area (Å²) in [5.41, 5.74) is 0. The number of unbranched alkanes of at least 4 members (excludes halogenated alkanes) is 45. The van der Waals surface area contributed by atoms with Crippen LogP contribution in [0, 0.1) is 23.7 Å². The van der Waals surface area contributed by atoms with Crippen molar-refractivity contribution in [2.75, 3.05) is 39.6 Å². The van der Waals surface area contributed by atoms with Gasteiger partial charge in [0.2, 0.25) is 0 Å². The molecule has 0 aliphatic rings. The number of phosphoric acid groups is 2. The van der Waals surface area contributed by atoms with Gasteiger partial charge in [-0.1, -0.05) is 383 Å². The number of esters is 4. The zero-order chi connectivity index (χ0) is 76.0. The quantitative estimate of drug-likeness (QED) is 0.0222. The van der Waals surface area contributed by atoms with Gasteiger partial charge in [-0.2, -0.15) is 0 Å².